The lowest BCUT2D eigenvalue weighted by atomic mass is 10.1. The molecule has 1 atom stereocenters. The van der Waals surface area contributed by atoms with Crippen molar-refractivity contribution >= 4 is 29.3 Å². The Morgan fingerprint density at radius 2 is 2.00 bits per heavy atom. The van der Waals surface area contributed by atoms with Gasteiger partial charge in [-0.25, -0.2) is 4.90 Å². The van der Waals surface area contributed by atoms with Gasteiger partial charge in [-0.2, -0.15) is 0 Å². The van der Waals surface area contributed by atoms with Gasteiger partial charge in [0.05, 0.1) is 17.0 Å². The molecular weight excluding hydrogens is 262 g/mol. The number of carbonyl (C=O) groups excluding carboxylic acids is 4. The lowest BCUT2D eigenvalue weighted by Gasteiger charge is -2.15. The van der Waals surface area contributed by atoms with Crippen LogP contribution in [0.2, 0.25) is 0 Å². The zero-order chi connectivity index (χ0) is 14.4. The van der Waals surface area contributed by atoms with Crippen LogP contribution >= 0.6 is 0 Å². The predicted molar refractivity (Wildman–Crippen MR) is 67.5 cm³/mol. The predicted octanol–water partition coefficient (Wildman–Crippen LogP) is -0.473. The van der Waals surface area contributed by atoms with Gasteiger partial charge >= 0.3 is 0 Å². The van der Waals surface area contributed by atoms with E-state index in [0.717, 1.165) is 0 Å². The number of rotatable bonds is 1. The van der Waals surface area contributed by atoms with Crippen LogP contribution in [0.5, 0.6) is 0 Å². The number of benzene rings is 1. The molecule has 2 aliphatic heterocycles. The van der Waals surface area contributed by atoms with E-state index in [9.17, 15) is 19.2 Å². The number of hydrogen-bond donors (Lipinski definition) is 2. The van der Waals surface area contributed by atoms with Crippen LogP contribution < -0.4 is 11.1 Å². The number of nitrogens with two attached hydrogens (primary N) is 1. The zero-order valence-corrected chi connectivity index (χ0v) is 10.4. The standard InChI is InChI=1S/C13H11N3O4/c14-8-3-1-2-7-10(8)13(20)16(12(7)19)11(18)6-4-9(17)15-5-6/h1-3,6H,4-5,14H2,(H,15,17). The van der Waals surface area contributed by atoms with Crippen molar-refractivity contribution in [2.75, 3.05) is 12.3 Å². The van der Waals surface area contributed by atoms with Crippen molar-refractivity contribution in [2.24, 2.45) is 5.92 Å². The third-order valence-electron chi connectivity index (χ3n) is 3.49. The third-order valence-corrected chi connectivity index (χ3v) is 3.49. The second kappa shape index (κ2) is 4.16. The Morgan fingerprint density at radius 1 is 1.25 bits per heavy atom. The van der Waals surface area contributed by atoms with Gasteiger partial charge in [-0.3, -0.25) is 19.2 Å². The molecule has 0 bridgehead atoms. The zero-order valence-electron chi connectivity index (χ0n) is 10.4. The lowest BCUT2D eigenvalue weighted by Crippen LogP contribution is -2.41. The Hall–Kier alpha value is -2.70. The third kappa shape index (κ3) is 1.59. The largest absolute Gasteiger partial charge is 0.398 e. The average Bonchev–Trinajstić information content (AvgIpc) is 2.94. The molecule has 1 aromatic carbocycles. The molecule has 1 fully saturated rings. The van der Waals surface area contributed by atoms with E-state index in [4.69, 9.17) is 5.73 Å². The summed E-state index contributed by atoms with van der Waals surface area (Å²) in [5.41, 5.74) is 6.03. The Morgan fingerprint density at radius 3 is 2.60 bits per heavy atom. The highest BCUT2D eigenvalue weighted by atomic mass is 16.2. The van der Waals surface area contributed by atoms with Crippen LogP contribution in [0.3, 0.4) is 0 Å². The molecule has 1 aromatic rings. The van der Waals surface area contributed by atoms with Gasteiger partial charge in [0.2, 0.25) is 11.8 Å². The van der Waals surface area contributed by atoms with Crippen LogP contribution in [0.1, 0.15) is 27.1 Å². The fourth-order valence-electron chi connectivity index (χ4n) is 2.47. The van der Waals surface area contributed by atoms with Gasteiger partial charge in [-0.1, -0.05) is 6.07 Å². The highest BCUT2D eigenvalue weighted by Gasteiger charge is 2.44. The van der Waals surface area contributed by atoms with Gasteiger partial charge in [-0.05, 0) is 12.1 Å². The summed E-state index contributed by atoms with van der Waals surface area (Å²) in [6, 6.07) is 4.50. The van der Waals surface area contributed by atoms with Crippen molar-refractivity contribution in [2.45, 2.75) is 6.42 Å². The fourth-order valence-corrected chi connectivity index (χ4v) is 2.47. The van der Waals surface area contributed by atoms with Crippen molar-refractivity contribution in [1.82, 2.24) is 10.2 Å². The summed E-state index contributed by atoms with van der Waals surface area (Å²) >= 11 is 0. The second-order valence-corrected chi connectivity index (χ2v) is 4.76. The van der Waals surface area contributed by atoms with Gasteiger partial charge in [0.25, 0.3) is 11.8 Å². The molecule has 2 heterocycles. The molecule has 20 heavy (non-hydrogen) atoms. The molecule has 0 spiro atoms. The van der Waals surface area contributed by atoms with E-state index < -0.39 is 23.6 Å². The number of nitrogens with zero attached hydrogens (tertiary/aromatic N) is 1. The molecule has 0 aromatic heterocycles. The van der Waals surface area contributed by atoms with Crippen LogP contribution in [0.4, 0.5) is 5.69 Å². The van der Waals surface area contributed by atoms with Gasteiger partial charge in [-0.15, -0.1) is 0 Å². The van der Waals surface area contributed by atoms with Gasteiger partial charge < -0.3 is 11.1 Å². The molecule has 1 saturated heterocycles. The van der Waals surface area contributed by atoms with Crippen LogP contribution in [0.25, 0.3) is 0 Å². The van der Waals surface area contributed by atoms with Crippen LogP contribution in [-0.2, 0) is 9.59 Å². The summed E-state index contributed by atoms with van der Waals surface area (Å²) < 4.78 is 0. The highest BCUT2D eigenvalue weighted by Crippen LogP contribution is 2.29. The van der Waals surface area contributed by atoms with Gasteiger partial charge in [0.15, 0.2) is 0 Å². The molecule has 7 nitrogen and oxygen atoms in total. The lowest BCUT2D eigenvalue weighted by molar-refractivity contribution is -0.131. The molecule has 2 aliphatic rings. The number of fused-ring (bicyclic) bond motifs is 1. The van der Waals surface area contributed by atoms with Crippen molar-refractivity contribution in [3.8, 4) is 0 Å². The van der Waals surface area contributed by atoms with Crippen LogP contribution in [-0.4, -0.2) is 35.1 Å². The minimum atomic E-state index is -0.715. The van der Waals surface area contributed by atoms with E-state index in [-0.39, 0.29) is 35.7 Å². The normalized spacial score (nSPS) is 21.1. The molecule has 3 rings (SSSR count). The Kier molecular flexibility index (Phi) is 2.56. The summed E-state index contributed by atoms with van der Waals surface area (Å²) in [7, 11) is 0. The first-order valence-corrected chi connectivity index (χ1v) is 6.08. The van der Waals surface area contributed by atoms with Gasteiger partial charge in [0, 0.05) is 18.7 Å². The number of anilines is 1. The van der Waals surface area contributed by atoms with E-state index in [2.05, 4.69) is 5.32 Å². The summed E-state index contributed by atoms with van der Waals surface area (Å²) in [6.07, 6.45) is -0.0122. The molecule has 4 amide bonds. The first-order valence-electron chi connectivity index (χ1n) is 6.08. The topological polar surface area (TPSA) is 110 Å². The molecule has 0 aliphatic carbocycles. The second-order valence-electron chi connectivity index (χ2n) is 4.76. The molecule has 0 radical (unpaired) electrons. The van der Waals surface area contributed by atoms with Crippen LogP contribution in [0, 0.1) is 5.92 Å². The number of imide groups is 3. The van der Waals surface area contributed by atoms with E-state index >= 15 is 0 Å². The number of nitrogens with one attached hydrogen (secondary N) is 1. The molecule has 3 N–H and O–H groups in total. The molecule has 0 saturated carbocycles. The first-order chi connectivity index (χ1) is 9.50. The van der Waals surface area contributed by atoms with E-state index in [1.54, 1.807) is 6.07 Å². The number of nitrogen functional groups attached to an aromatic ring is 1. The maximum atomic E-state index is 12.2. The van der Waals surface area contributed by atoms with E-state index in [1.807, 2.05) is 0 Å². The number of carbonyl (C=O) groups is 4. The van der Waals surface area contributed by atoms with E-state index in [1.165, 1.54) is 12.1 Å². The summed E-state index contributed by atoms with van der Waals surface area (Å²) in [5, 5.41) is 2.50. The summed E-state index contributed by atoms with van der Waals surface area (Å²) in [4.78, 5) is 48.3. The molecular formula is C13H11N3O4. The fraction of sp³-hybridized carbons (Fsp3) is 0.231. The highest BCUT2D eigenvalue weighted by molar-refractivity contribution is 6.30. The van der Waals surface area contributed by atoms with Gasteiger partial charge in [0.1, 0.15) is 0 Å². The Balaban J connectivity index is 1.96. The SMILES string of the molecule is Nc1cccc2c1C(=O)N(C(=O)C1CNC(=O)C1)C2=O. The molecule has 102 valence electrons. The number of hydrogen-bond acceptors (Lipinski definition) is 5. The molecule has 7 heteroatoms. The first kappa shape index (κ1) is 12.3. The van der Waals surface area contributed by atoms with Crippen LogP contribution in [0.15, 0.2) is 18.2 Å². The quantitative estimate of drug-likeness (QED) is 0.531. The maximum Gasteiger partial charge on any atom is 0.270 e. The summed E-state index contributed by atoms with van der Waals surface area (Å²) in [5.74, 6) is -3.01. The maximum absolute atomic E-state index is 12.2. The Bertz CT molecular complexity index is 668. The van der Waals surface area contributed by atoms with Crippen molar-refractivity contribution in [3.63, 3.8) is 0 Å². The van der Waals surface area contributed by atoms with Crippen molar-refractivity contribution in [1.29, 1.82) is 0 Å². The smallest absolute Gasteiger partial charge is 0.270 e. The Labute approximate surface area is 113 Å². The molecule has 1 unspecified atom stereocenters. The van der Waals surface area contributed by atoms with Crippen molar-refractivity contribution in [3.05, 3.63) is 29.3 Å². The monoisotopic (exact) mass is 273 g/mol. The average molecular weight is 273 g/mol. The van der Waals surface area contributed by atoms with Crippen molar-refractivity contribution < 1.29 is 19.2 Å². The summed E-state index contributed by atoms with van der Waals surface area (Å²) in [6.45, 7) is 0.139. The minimum Gasteiger partial charge on any atom is -0.398 e. The van der Waals surface area contributed by atoms with E-state index in [0.29, 0.717) is 4.90 Å². The number of amides is 4. The minimum absolute atomic E-state index is 0.0122.